The molecule has 7 nitrogen and oxygen atoms in total. The number of hydrogen-bond acceptors (Lipinski definition) is 6. The van der Waals surface area contributed by atoms with Crippen molar-refractivity contribution >= 4 is 11.7 Å². The first-order valence-corrected chi connectivity index (χ1v) is 4.93. The van der Waals surface area contributed by atoms with Crippen molar-refractivity contribution in [3.8, 4) is 6.07 Å². The van der Waals surface area contributed by atoms with Gasteiger partial charge in [-0.15, -0.1) is 0 Å². The average Bonchev–Trinajstić information content (AvgIpc) is 2.37. The second-order valence-electron chi connectivity index (χ2n) is 3.46. The fraction of sp³-hybridized carbons (Fsp3) is 0.273. The van der Waals surface area contributed by atoms with Gasteiger partial charge in [0, 0.05) is 18.1 Å². The van der Waals surface area contributed by atoms with Crippen LogP contribution < -0.4 is 0 Å². The number of methoxy groups -OCH3 is 1. The zero-order valence-electron chi connectivity index (χ0n) is 9.49. The third-order valence-electron chi connectivity index (χ3n) is 2.30. The smallest absolute Gasteiger partial charge is 0.335 e. The molecule has 1 aromatic carbocycles. The number of carbonyl (C=O) groups is 1. The van der Waals surface area contributed by atoms with Crippen LogP contribution in [0.5, 0.6) is 0 Å². The molecule has 1 N–H and O–H groups in total. The number of aliphatic hydroxyl groups excluding tert-OH is 1. The van der Waals surface area contributed by atoms with E-state index in [9.17, 15) is 20.0 Å². The highest BCUT2D eigenvalue weighted by molar-refractivity contribution is 5.74. The van der Waals surface area contributed by atoms with Gasteiger partial charge in [0.25, 0.3) is 5.69 Å². The molecular weight excluding hydrogens is 240 g/mol. The van der Waals surface area contributed by atoms with Gasteiger partial charge in [0.15, 0.2) is 6.10 Å². The summed E-state index contributed by atoms with van der Waals surface area (Å²) in [5.74, 6) is -0.867. The number of rotatable bonds is 4. The Morgan fingerprint density at radius 2 is 2.33 bits per heavy atom. The summed E-state index contributed by atoms with van der Waals surface area (Å²) in [7, 11) is 1.11. The van der Waals surface area contributed by atoms with Crippen LogP contribution in [0.15, 0.2) is 18.2 Å². The first kappa shape index (κ1) is 13.6. The van der Waals surface area contributed by atoms with Crippen LogP contribution in [-0.2, 0) is 16.0 Å². The zero-order valence-corrected chi connectivity index (χ0v) is 9.49. The van der Waals surface area contributed by atoms with Gasteiger partial charge in [-0.1, -0.05) is 6.07 Å². The van der Waals surface area contributed by atoms with E-state index < -0.39 is 17.0 Å². The lowest BCUT2D eigenvalue weighted by molar-refractivity contribution is -0.385. The summed E-state index contributed by atoms with van der Waals surface area (Å²) >= 11 is 0. The summed E-state index contributed by atoms with van der Waals surface area (Å²) < 4.78 is 4.32. The monoisotopic (exact) mass is 250 g/mol. The van der Waals surface area contributed by atoms with Crippen LogP contribution in [0.2, 0.25) is 0 Å². The summed E-state index contributed by atoms with van der Waals surface area (Å²) in [4.78, 5) is 21.2. The highest BCUT2D eigenvalue weighted by Gasteiger charge is 2.22. The molecule has 0 saturated carbocycles. The second kappa shape index (κ2) is 5.75. The van der Waals surface area contributed by atoms with Crippen molar-refractivity contribution in [3.05, 3.63) is 39.4 Å². The SMILES string of the molecule is COC(=O)C(O)Cc1ccc(C#N)cc1[N+](=O)[O-]. The number of aliphatic hydroxyl groups is 1. The Kier molecular flexibility index (Phi) is 4.34. The van der Waals surface area contributed by atoms with Crippen molar-refractivity contribution in [2.75, 3.05) is 7.11 Å². The molecule has 0 spiro atoms. The average molecular weight is 250 g/mol. The van der Waals surface area contributed by atoms with Gasteiger partial charge in [-0.25, -0.2) is 4.79 Å². The number of nitriles is 1. The number of nitro groups is 1. The van der Waals surface area contributed by atoms with E-state index in [-0.39, 0.29) is 23.2 Å². The minimum Gasteiger partial charge on any atom is -0.467 e. The Hall–Kier alpha value is -2.46. The molecule has 0 aliphatic rings. The van der Waals surface area contributed by atoms with Crippen LogP contribution in [0.1, 0.15) is 11.1 Å². The molecule has 1 rings (SSSR count). The van der Waals surface area contributed by atoms with Gasteiger partial charge in [-0.2, -0.15) is 5.26 Å². The van der Waals surface area contributed by atoms with Gasteiger partial charge >= 0.3 is 5.97 Å². The molecule has 0 bridgehead atoms. The molecule has 0 radical (unpaired) electrons. The number of esters is 1. The van der Waals surface area contributed by atoms with Gasteiger partial charge in [-0.05, 0) is 6.07 Å². The van der Waals surface area contributed by atoms with Gasteiger partial charge < -0.3 is 9.84 Å². The molecule has 0 heterocycles. The maximum Gasteiger partial charge on any atom is 0.335 e. The van der Waals surface area contributed by atoms with Gasteiger partial charge in [-0.3, -0.25) is 10.1 Å². The van der Waals surface area contributed by atoms with Crippen LogP contribution in [0.4, 0.5) is 5.69 Å². The van der Waals surface area contributed by atoms with Gasteiger partial charge in [0.05, 0.1) is 23.7 Å². The van der Waals surface area contributed by atoms with E-state index in [1.54, 1.807) is 6.07 Å². The predicted octanol–water partition coefficient (Wildman–Crippen LogP) is 0.543. The third kappa shape index (κ3) is 3.02. The van der Waals surface area contributed by atoms with E-state index in [0.717, 1.165) is 13.2 Å². The number of nitro benzene ring substituents is 1. The standard InChI is InChI=1S/C11H10N2O5/c1-18-11(15)10(14)5-8-3-2-7(6-12)4-9(8)13(16)17/h2-4,10,14H,5H2,1H3. The molecule has 18 heavy (non-hydrogen) atoms. The van der Waals surface area contributed by atoms with E-state index >= 15 is 0 Å². The molecular formula is C11H10N2O5. The van der Waals surface area contributed by atoms with Crippen LogP contribution in [0.3, 0.4) is 0 Å². The Balaban J connectivity index is 3.06. The molecule has 0 fully saturated rings. The summed E-state index contributed by atoms with van der Waals surface area (Å²) in [6.07, 6.45) is -1.71. The normalized spacial score (nSPS) is 11.4. The molecule has 0 saturated heterocycles. The lowest BCUT2D eigenvalue weighted by Crippen LogP contribution is -2.24. The van der Waals surface area contributed by atoms with Crippen molar-refractivity contribution in [1.29, 1.82) is 5.26 Å². The van der Waals surface area contributed by atoms with E-state index in [0.29, 0.717) is 0 Å². The number of ether oxygens (including phenoxy) is 1. The maximum atomic E-state index is 11.0. The summed E-state index contributed by atoms with van der Waals surface area (Å²) in [6.45, 7) is 0. The molecule has 94 valence electrons. The first-order valence-electron chi connectivity index (χ1n) is 4.93. The minimum absolute atomic E-state index is 0.137. The quantitative estimate of drug-likeness (QED) is 0.474. The molecule has 0 aromatic heterocycles. The van der Waals surface area contributed by atoms with E-state index in [4.69, 9.17) is 5.26 Å². The number of hydrogen-bond donors (Lipinski definition) is 1. The Morgan fingerprint density at radius 3 is 2.83 bits per heavy atom. The molecule has 0 amide bonds. The molecule has 1 aromatic rings. The lowest BCUT2D eigenvalue weighted by Gasteiger charge is -2.08. The van der Waals surface area contributed by atoms with Gasteiger partial charge in [0.2, 0.25) is 0 Å². The number of benzene rings is 1. The maximum absolute atomic E-state index is 11.0. The van der Waals surface area contributed by atoms with Crippen molar-refractivity contribution < 1.29 is 19.6 Å². The summed E-state index contributed by atoms with van der Waals surface area (Å²) in [5.41, 5.74) is -0.00749. The van der Waals surface area contributed by atoms with E-state index in [1.807, 2.05) is 0 Å². The summed E-state index contributed by atoms with van der Waals surface area (Å²) in [5, 5.41) is 28.9. The van der Waals surface area contributed by atoms with Gasteiger partial charge in [0.1, 0.15) is 0 Å². The van der Waals surface area contributed by atoms with E-state index in [2.05, 4.69) is 4.74 Å². The van der Waals surface area contributed by atoms with Crippen LogP contribution in [-0.4, -0.2) is 29.2 Å². The van der Waals surface area contributed by atoms with E-state index in [1.165, 1.54) is 12.1 Å². The van der Waals surface area contributed by atoms with Crippen molar-refractivity contribution in [2.24, 2.45) is 0 Å². The third-order valence-corrected chi connectivity index (χ3v) is 2.30. The molecule has 1 atom stereocenters. The van der Waals surface area contributed by atoms with Crippen molar-refractivity contribution in [3.63, 3.8) is 0 Å². The lowest BCUT2D eigenvalue weighted by atomic mass is 10.0. The molecule has 1 unspecified atom stereocenters. The molecule has 7 heteroatoms. The number of nitrogens with zero attached hydrogens (tertiary/aromatic N) is 2. The Morgan fingerprint density at radius 1 is 1.67 bits per heavy atom. The highest BCUT2D eigenvalue weighted by Crippen LogP contribution is 2.21. The Labute approximate surface area is 102 Å². The highest BCUT2D eigenvalue weighted by atomic mass is 16.6. The molecule has 0 aliphatic carbocycles. The van der Waals surface area contributed by atoms with Crippen LogP contribution in [0.25, 0.3) is 0 Å². The topological polar surface area (TPSA) is 113 Å². The Bertz CT molecular complexity index is 521. The number of carbonyl (C=O) groups excluding carboxylic acids is 1. The van der Waals surface area contributed by atoms with Crippen LogP contribution >= 0.6 is 0 Å². The second-order valence-corrected chi connectivity index (χ2v) is 3.46. The predicted molar refractivity (Wildman–Crippen MR) is 59.5 cm³/mol. The van der Waals surface area contributed by atoms with Crippen LogP contribution in [0, 0.1) is 21.4 Å². The zero-order chi connectivity index (χ0) is 13.7. The first-order chi connectivity index (χ1) is 8.49. The largest absolute Gasteiger partial charge is 0.467 e. The van der Waals surface area contributed by atoms with Crippen molar-refractivity contribution in [1.82, 2.24) is 0 Å². The summed E-state index contributed by atoms with van der Waals surface area (Å²) in [6, 6.07) is 5.59. The fourth-order valence-corrected chi connectivity index (χ4v) is 1.40. The minimum atomic E-state index is -1.47. The molecule has 0 aliphatic heterocycles. The fourth-order valence-electron chi connectivity index (χ4n) is 1.40. The van der Waals surface area contributed by atoms with Crippen molar-refractivity contribution in [2.45, 2.75) is 12.5 Å².